The van der Waals surface area contributed by atoms with Crippen molar-refractivity contribution in [1.29, 1.82) is 0 Å². The molecule has 0 unspecified atom stereocenters. The quantitative estimate of drug-likeness (QED) is 0.736. The highest BCUT2D eigenvalue weighted by Crippen LogP contribution is 2.23. The van der Waals surface area contributed by atoms with Crippen molar-refractivity contribution in [2.24, 2.45) is 0 Å². The summed E-state index contributed by atoms with van der Waals surface area (Å²) in [5.74, 6) is 1.41. The van der Waals surface area contributed by atoms with Crippen LogP contribution < -0.4 is 10.1 Å². The van der Waals surface area contributed by atoms with E-state index in [9.17, 15) is 4.79 Å². The summed E-state index contributed by atoms with van der Waals surface area (Å²) in [4.78, 5) is 16.6. The SMILES string of the molecule is COc1ccc([C@@H](C)NC(=O)Cc2ccc(-c3cnoc3C)cc2)nc1. The van der Waals surface area contributed by atoms with E-state index in [2.05, 4.69) is 15.5 Å². The number of carbonyl (C=O) groups is 1. The minimum Gasteiger partial charge on any atom is -0.495 e. The van der Waals surface area contributed by atoms with Gasteiger partial charge in [-0.05, 0) is 37.1 Å². The zero-order valence-corrected chi connectivity index (χ0v) is 15.0. The fourth-order valence-electron chi connectivity index (χ4n) is 2.70. The molecule has 3 aromatic rings. The van der Waals surface area contributed by atoms with E-state index >= 15 is 0 Å². The zero-order chi connectivity index (χ0) is 18.5. The molecular weight excluding hydrogens is 330 g/mol. The molecule has 0 aliphatic rings. The maximum Gasteiger partial charge on any atom is 0.224 e. The number of aryl methyl sites for hydroxylation is 1. The number of nitrogens with one attached hydrogen (secondary N) is 1. The van der Waals surface area contributed by atoms with Crippen molar-refractivity contribution >= 4 is 5.91 Å². The highest BCUT2D eigenvalue weighted by atomic mass is 16.5. The summed E-state index contributed by atoms with van der Waals surface area (Å²) in [6.45, 7) is 3.78. The second kappa shape index (κ2) is 7.82. The summed E-state index contributed by atoms with van der Waals surface area (Å²) in [6.07, 6.45) is 3.65. The van der Waals surface area contributed by atoms with E-state index in [1.54, 1.807) is 19.5 Å². The van der Waals surface area contributed by atoms with Crippen LogP contribution in [-0.4, -0.2) is 23.2 Å². The summed E-state index contributed by atoms with van der Waals surface area (Å²) < 4.78 is 10.2. The predicted octanol–water partition coefficient (Wildman–Crippen LogP) is 3.47. The minimum absolute atomic E-state index is 0.0518. The molecule has 0 fully saturated rings. The third-order valence-corrected chi connectivity index (χ3v) is 4.20. The Morgan fingerprint density at radius 3 is 2.54 bits per heavy atom. The van der Waals surface area contributed by atoms with Gasteiger partial charge in [-0.1, -0.05) is 29.4 Å². The van der Waals surface area contributed by atoms with Gasteiger partial charge in [0.15, 0.2) is 0 Å². The van der Waals surface area contributed by atoms with Gasteiger partial charge in [0.2, 0.25) is 5.91 Å². The zero-order valence-electron chi connectivity index (χ0n) is 15.0. The summed E-state index contributed by atoms with van der Waals surface area (Å²) in [6, 6.07) is 11.3. The lowest BCUT2D eigenvalue weighted by atomic mass is 10.0. The molecule has 1 aromatic carbocycles. The molecule has 0 aliphatic carbocycles. The number of ether oxygens (including phenoxy) is 1. The molecule has 0 aliphatic heterocycles. The van der Waals surface area contributed by atoms with Gasteiger partial charge >= 0.3 is 0 Å². The van der Waals surface area contributed by atoms with Crippen LogP contribution in [0.15, 0.2) is 53.3 Å². The third-order valence-electron chi connectivity index (χ3n) is 4.20. The molecule has 1 atom stereocenters. The fourth-order valence-corrected chi connectivity index (χ4v) is 2.70. The maximum absolute atomic E-state index is 12.3. The molecule has 0 saturated carbocycles. The van der Waals surface area contributed by atoms with Crippen LogP contribution in [0.5, 0.6) is 5.75 Å². The first-order valence-corrected chi connectivity index (χ1v) is 8.36. The van der Waals surface area contributed by atoms with Crippen molar-refractivity contribution < 1.29 is 14.1 Å². The van der Waals surface area contributed by atoms with Crippen molar-refractivity contribution in [2.75, 3.05) is 7.11 Å². The molecule has 2 aromatic heterocycles. The van der Waals surface area contributed by atoms with Gasteiger partial charge in [0.1, 0.15) is 11.5 Å². The standard InChI is InChI=1S/C20H21N3O3/c1-13(19-9-8-17(25-3)11-21-19)23-20(24)10-15-4-6-16(7-5-15)18-12-22-26-14(18)2/h4-9,11-13H,10H2,1-3H3,(H,23,24)/t13-/m1/s1. The first kappa shape index (κ1) is 17.7. The molecule has 0 radical (unpaired) electrons. The van der Waals surface area contributed by atoms with Crippen molar-refractivity contribution in [3.8, 4) is 16.9 Å². The molecule has 0 spiro atoms. The van der Waals surface area contributed by atoms with Crippen LogP contribution in [-0.2, 0) is 11.2 Å². The number of amides is 1. The topological polar surface area (TPSA) is 77.2 Å². The van der Waals surface area contributed by atoms with E-state index in [0.29, 0.717) is 12.2 Å². The van der Waals surface area contributed by atoms with Gasteiger partial charge in [0, 0.05) is 5.56 Å². The molecule has 0 bridgehead atoms. The first-order chi connectivity index (χ1) is 12.6. The Labute approximate surface area is 152 Å². The highest BCUT2D eigenvalue weighted by molar-refractivity contribution is 5.79. The van der Waals surface area contributed by atoms with Crippen LogP contribution in [0.2, 0.25) is 0 Å². The molecule has 3 rings (SSSR count). The third kappa shape index (κ3) is 4.08. The minimum atomic E-state index is -0.174. The lowest BCUT2D eigenvalue weighted by Gasteiger charge is -2.14. The molecule has 134 valence electrons. The van der Waals surface area contributed by atoms with Gasteiger partial charge in [-0.25, -0.2) is 0 Å². The number of carbonyl (C=O) groups excluding carboxylic acids is 1. The maximum atomic E-state index is 12.3. The predicted molar refractivity (Wildman–Crippen MR) is 97.7 cm³/mol. The molecule has 2 heterocycles. The Bertz CT molecular complexity index is 870. The molecule has 0 saturated heterocycles. The van der Waals surface area contributed by atoms with E-state index in [4.69, 9.17) is 9.26 Å². The number of methoxy groups -OCH3 is 1. The fraction of sp³-hybridized carbons (Fsp3) is 0.250. The number of hydrogen-bond donors (Lipinski definition) is 1. The lowest BCUT2D eigenvalue weighted by Crippen LogP contribution is -2.28. The van der Waals surface area contributed by atoms with E-state index < -0.39 is 0 Å². The van der Waals surface area contributed by atoms with E-state index in [1.165, 1.54) is 0 Å². The van der Waals surface area contributed by atoms with E-state index in [-0.39, 0.29) is 11.9 Å². The monoisotopic (exact) mass is 351 g/mol. The lowest BCUT2D eigenvalue weighted by molar-refractivity contribution is -0.121. The smallest absolute Gasteiger partial charge is 0.224 e. The Kier molecular flexibility index (Phi) is 5.31. The largest absolute Gasteiger partial charge is 0.495 e. The van der Waals surface area contributed by atoms with Crippen molar-refractivity contribution in [2.45, 2.75) is 26.3 Å². The Hall–Kier alpha value is -3.15. The van der Waals surface area contributed by atoms with Crippen LogP contribution in [0.25, 0.3) is 11.1 Å². The van der Waals surface area contributed by atoms with Crippen molar-refractivity contribution in [1.82, 2.24) is 15.5 Å². The van der Waals surface area contributed by atoms with Crippen LogP contribution in [0.4, 0.5) is 0 Å². The number of aromatic nitrogens is 2. The number of pyridine rings is 1. The van der Waals surface area contributed by atoms with Gasteiger partial charge < -0.3 is 14.6 Å². The Morgan fingerprint density at radius 2 is 1.96 bits per heavy atom. The van der Waals surface area contributed by atoms with Gasteiger partial charge in [0.25, 0.3) is 0 Å². The molecular formula is C20H21N3O3. The molecule has 6 nitrogen and oxygen atoms in total. The normalized spacial score (nSPS) is 11.8. The van der Waals surface area contributed by atoms with Gasteiger partial charge in [0.05, 0.1) is 37.7 Å². The molecule has 6 heteroatoms. The van der Waals surface area contributed by atoms with Gasteiger partial charge in [-0.15, -0.1) is 0 Å². The van der Waals surface area contributed by atoms with Crippen molar-refractivity contribution in [3.63, 3.8) is 0 Å². The highest BCUT2D eigenvalue weighted by Gasteiger charge is 2.12. The van der Waals surface area contributed by atoms with E-state index in [1.807, 2.05) is 50.2 Å². The number of rotatable bonds is 6. The van der Waals surface area contributed by atoms with Crippen LogP contribution >= 0.6 is 0 Å². The summed E-state index contributed by atoms with van der Waals surface area (Å²) >= 11 is 0. The van der Waals surface area contributed by atoms with Crippen LogP contribution in [0.1, 0.15) is 30.0 Å². The summed E-state index contributed by atoms with van der Waals surface area (Å²) in [5.41, 5.74) is 3.71. The van der Waals surface area contributed by atoms with E-state index in [0.717, 1.165) is 28.1 Å². The van der Waals surface area contributed by atoms with Crippen LogP contribution in [0.3, 0.4) is 0 Å². The molecule has 26 heavy (non-hydrogen) atoms. The molecule has 1 amide bonds. The number of hydrogen-bond acceptors (Lipinski definition) is 5. The molecule has 1 N–H and O–H groups in total. The summed E-state index contributed by atoms with van der Waals surface area (Å²) in [7, 11) is 1.59. The Balaban J connectivity index is 1.59. The van der Waals surface area contributed by atoms with Gasteiger partial charge in [-0.2, -0.15) is 0 Å². The average Bonchev–Trinajstić information content (AvgIpc) is 3.08. The Morgan fingerprint density at radius 1 is 1.19 bits per heavy atom. The number of benzene rings is 1. The second-order valence-electron chi connectivity index (χ2n) is 6.08. The van der Waals surface area contributed by atoms with Crippen molar-refractivity contribution in [3.05, 3.63) is 65.8 Å². The summed E-state index contributed by atoms with van der Waals surface area (Å²) in [5, 5.41) is 6.75. The van der Waals surface area contributed by atoms with Crippen LogP contribution in [0, 0.1) is 6.92 Å². The second-order valence-corrected chi connectivity index (χ2v) is 6.08. The first-order valence-electron chi connectivity index (χ1n) is 8.36. The average molecular weight is 351 g/mol. The van der Waals surface area contributed by atoms with Gasteiger partial charge in [-0.3, -0.25) is 9.78 Å². The number of nitrogens with zero attached hydrogens (tertiary/aromatic N) is 2.